The van der Waals surface area contributed by atoms with Gasteiger partial charge in [-0.2, -0.15) is 0 Å². The molecule has 0 radical (unpaired) electrons. The molecule has 0 fully saturated rings. The Labute approximate surface area is 516 Å². The largest absolute Gasteiger partial charge is 0.462 e. The van der Waals surface area contributed by atoms with E-state index in [-0.39, 0.29) is 31.1 Å². The van der Waals surface area contributed by atoms with Gasteiger partial charge in [0.05, 0.1) is 0 Å². The van der Waals surface area contributed by atoms with Crippen molar-refractivity contribution in [2.24, 2.45) is 0 Å². The van der Waals surface area contributed by atoms with Crippen molar-refractivity contribution in [2.45, 2.75) is 386 Å². The highest BCUT2D eigenvalue weighted by molar-refractivity contribution is 5.71. The van der Waals surface area contributed by atoms with E-state index in [1.807, 2.05) is 0 Å². The van der Waals surface area contributed by atoms with Gasteiger partial charge in [-0.25, -0.2) is 0 Å². The summed E-state index contributed by atoms with van der Waals surface area (Å²) in [6, 6.07) is 0. The Balaban J connectivity index is 4.27. The molecular formula is C77H138O6. The van der Waals surface area contributed by atoms with Gasteiger partial charge in [-0.3, -0.25) is 14.4 Å². The molecule has 0 bridgehead atoms. The molecule has 0 saturated carbocycles. The fourth-order valence-corrected chi connectivity index (χ4v) is 10.8. The van der Waals surface area contributed by atoms with Gasteiger partial charge in [0.25, 0.3) is 0 Å². The van der Waals surface area contributed by atoms with E-state index in [4.69, 9.17) is 14.2 Å². The van der Waals surface area contributed by atoms with E-state index in [0.717, 1.165) is 109 Å². The van der Waals surface area contributed by atoms with E-state index < -0.39 is 6.10 Å². The summed E-state index contributed by atoms with van der Waals surface area (Å²) in [4.78, 5) is 38.5. The number of ether oxygens (including phenoxy) is 3. The molecule has 0 aromatic carbocycles. The molecule has 0 aliphatic rings. The third-order valence-electron chi connectivity index (χ3n) is 16.2. The van der Waals surface area contributed by atoms with Crippen LogP contribution in [0.5, 0.6) is 0 Å². The first-order valence-electron chi connectivity index (χ1n) is 36.4. The fourth-order valence-electron chi connectivity index (χ4n) is 10.8. The molecule has 0 rings (SSSR count). The molecule has 6 nitrogen and oxygen atoms in total. The quantitative estimate of drug-likeness (QED) is 0.0261. The van der Waals surface area contributed by atoms with Gasteiger partial charge in [-0.05, 0) is 89.9 Å². The van der Waals surface area contributed by atoms with E-state index in [1.165, 1.54) is 231 Å². The summed E-state index contributed by atoms with van der Waals surface area (Å²) in [7, 11) is 0. The second kappa shape index (κ2) is 71.3. The molecular weight excluding hydrogens is 1020 g/mol. The molecule has 0 saturated heterocycles. The number of rotatable bonds is 67. The third-order valence-corrected chi connectivity index (χ3v) is 16.2. The minimum atomic E-state index is -0.788. The molecule has 0 amide bonds. The third kappa shape index (κ3) is 69.5. The topological polar surface area (TPSA) is 78.9 Å². The van der Waals surface area contributed by atoms with Crippen LogP contribution in [0.2, 0.25) is 0 Å². The predicted octanol–water partition coefficient (Wildman–Crippen LogP) is 25.2. The van der Waals surface area contributed by atoms with E-state index in [9.17, 15) is 14.4 Å². The fraction of sp³-hybridized carbons (Fsp3) is 0.805. The molecule has 0 heterocycles. The van der Waals surface area contributed by atoms with Gasteiger partial charge in [0.2, 0.25) is 0 Å². The zero-order valence-electron chi connectivity index (χ0n) is 55.5. The van der Waals surface area contributed by atoms with Crippen molar-refractivity contribution in [3.8, 4) is 0 Å². The summed E-state index contributed by atoms with van der Waals surface area (Å²) in [5, 5.41) is 0. The summed E-state index contributed by atoms with van der Waals surface area (Å²) in [5.74, 6) is -0.882. The van der Waals surface area contributed by atoms with Crippen LogP contribution in [0.3, 0.4) is 0 Å². The Morgan fingerprint density at radius 3 is 0.759 bits per heavy atom. The van der Waals surface area contributed by atoms with Crippen LogP contribution in [0.1, 0.15) is 380 Å². The lowest BCUT2D eigenvalue weighted by atomic mass is 10.0. The zero-order chi connectivity index (χ0) is 59.9. The summed E-state index contributed by atoms with van der Waals surface area (Å²) < 4.78 is 17.0. The van der Waals surface area contributed by atoms with Crippen LogP contribution < -0.4 is 0 Å². The van der Waals surface area contributed by atoms with E-state index in [0.29, 0.717) is 19.3 Å². The van der Waals surface area contributed by atoms with Gasteiger partial charge in [0.1, 0.15) is 13.2 Å². The predicted molar refractivity (Wildman–Crippen MR) is 362 cm³/mol. The second-order valence-electron chi connectivity index (χ2n) is 24.5. The minimum absolute atomic E-state index is 0.0809. The maximum absolute atomic E-state index is 13.0. The van der Waals surface area contributed by atoms with Crippen molar-refractivity contribution in [3.63, 3.8) is 0 Å². The van der Waals surface area contributed by atoms with Crippen molar-refractivity contribution in [1.29, 1.82) is 0 Å². The number of allylic oxidation sites excluding steroid dienone is 12. The molecule has 0 aliphatic carbocycles. The van der Waals surface area contributed by atoms with Crippen LogP contribution in [0.15, 0.2) is 72.9 Å². The average molecular weight is 1160 g/mol. The summed E-state index contributed by atoms with van der Waals surface area (Å²) in [6.45, 7) is 6.55. The molecule has 0 N–H and O–H groups in total. The lowest BCUT2D eigenvalue weighted by molar-refractivity contribution is -0.167. The van der Waals surface area contributed by atoms with Crippen LogP contribution in [0.25, 0.3) is 0 Å². The molecule has 0 spiro atoms. The average Bonchev–Trinajstić information content (AvgIpc) is 3.50. The van der Waals surface area contributed by atoms with Crippen LogP contribution in [0, 0.1) is 0 Å². The Kier molecular flexibility index (Phi) is 68.6. The van der Waals surface area contributed by atoms with Gasteiger partial charge in [0, 0.05) is 19.3 Å². The van der Waals surface area contributed by atoms with Crippen molar-refractivity contribution < 1.29 is 28.6 Å². The van der Waals surface area contributed by atoms with Crippen molar-refractivity contribution >= 4 is 17.9 Å². The van der Waals surface area contributed by atoms with E-state index in [2.05, 4.69) is 93.7 Å². The number of hydrogen-bond donors (Lipinski definition) is 0. The Morgan fingerprint density at radius 2 is 0.470 bits per heavy atom. The summed E-state index contributed by atoms with van der Waals surface area (Å²) >= 11 is 0. The molecule has 482 valence electrons. The monoisotopic (exact) mass is 1160 g/mol. The maximum Gasteiger partial charge on any atom is 0.306 e. The standard InChI is InChI=1S/C77H138O6/c1-4-7-10-13-16-19-22-25-28-31-33-34-35-36-37-38-39-40-41-42-44-46-49-52-55-58-61-64-67-70-76(79)82-73-74(72-81-75(78)69-66-63-60-57-54-51-48-45-30-27-24-21-18-15-12-9-6-3)83-77(80)71-68-65-62-59-56-53-50-47-43-32-29-26-23-20-17-14-11-8-5-2/h9,12,17-18,20-21,26-27,29-30,43,47,74H,4-8,10-11,13-16,19,22-25,28,31-42,44-46,48-73H2,1-3H3/b12-9-,20-17-,21-18-,29-26-,30-27-,47-43-. The zero-order valence-corrected chi connectivity index (χ0v) is 55.5. The van der Waals surface area contributed by atoms with Crippen molar-refractivity contribution in [3.05, 3.63) is 72.9 Å². The van der Waals surface area contributed by atoms with E-state index in [1.54, 1.807) is 0 Å². The van der Waals surface area contributed by atoms with Gasteiger partial charge in [-0.15, -0.1) is 0 Å². The lowest BCUT2D eigenvalue weighted by Crippen LogP contribution is -2.30. The lowest BCUT2D eigenvalue weighted by Gasteiger charge is -2.18. The first-order chi connectivity index (χ1) is 41.0. The second-order valence-corrected chi connectivity index (χ2v) is 24.5. The highest BCUT2D eigenvalue weighted by Gasteiger charge is 2.19. The number of unbranched alkanes of at least 4 members (excludes halogenated alkanes) is 44. The number of carbonyl (C=O) groups excluding carboxylic acids is 3. The Morgan fingerprint density at radius 1 is 0.253 bits per heavy atom. The van der Waals surface area contributed by atoms with Crippen LogP contribution in [-0.4, -0.2) is 37.2 Å². The number of esters is 3. The highest BCUT2D eigenvalue weighted by Crippen LogP contribution is 2.18. The van der Waals surface area contributed by atoms with E-state index >= 15 is 0 Å². The summed E-state index contributed by atoms with van der Waals surface area (Å²) in [5.41, 5.74) is 0. The highest BCUT2D eigenvalue weighted by atomic mass is 16.6. The first kappa shape index (κ1) is 79.8. The smallest absolute Gasteiger partial charge is 0.306 e. The normalized spacial score (nSPS) is 12.5. The Bertz CT molecular complexity index is 1520. The molecule has 0 aromatic rings. The first-order valence-corrected chi connectivity index (χ1v) is 36.4. The van der Waals surface area contributed by atoms with Crippen LogP contribution in [-0.2, 0) is 28.6 Å². The molecule has 0 aromatic heterocycles. The van der Waals surface area contributed by atoms with Crippen LogP contribution in [0.4, 0.5) is 0 Å². The molecule has 6 heteroatoms. The summed E-state index contributed by atoms with van der Waals surface area (Å²) in [6.07, 6.45) is 93.7. The number of carbonyl (C=O) groups is 3. The maximum atomic E-state index is 13.0. The van der Waals surface area contributed by atoms with Gasteiger partial charge in [0.15, 0.2) is 6.10 Å². The number of hydrogen-bond acceptors (Lipinski definition) is 6. The van der Waals surface area contributed by atoms with Crippen molar-refractivity contribution in [2.75, 3.05) is 13.2 Å². The molecule has 1 atom stereocenters. The molecule has 83 heavy (non-hydrogen) atoms. The van der Waals surface area contributed by atoms with Crippen LogP contribution >= 0.6 is 0 Å². The Hall–Kier alpha value is -3.15. The minimum Gasteiger partial charge on any atom is -0.462 e. The van der Waals surface area contributed by atoms with Gasteiger partial charge >= 0.3 is 17.9 Å². The van der Waals surface area contributed by atoms with Crippen molar-refractivity contribution in [1.82, 2.24) is 0 Å². The molecule has 1 unspecified atom stereocenters. The molecule has 0 aliphatic heterocycles. The van der Waals surface area contributed by atoms with Gasteiger partial charge in [-0.1, -0.05) is 344 Å². The SMILES string of the molecule is CC/C=C\C/C=C\C/C=C\CCCCCCCCCC(=O)OCC(COC(=O)CCCCCCCCCCCCCCCCCCCCCCCCCCCCCCC)OC(=O)CCCCCCCC/C=C\C/C=C\C/C=C\CCCCC. The van der Waals surface area contributed by atoms with Gasteiger partial charge < -0.3 is 14.2 Å².